The number of hydrogen-bond acceptors (Lipinski definition) is 8. The highest BCUT2D eigenvalue weighted by Crippen LogP contribution is 2.23. The number of aliphatic imine (C=N–C) groups is 1. The molecule has 2 saturated heterocycles. The maximum Gasteiger partial charge on any atom is 0.299 e. The molecule has 0 saturated carbocycles. The Morgan fingerprint density at radius 3 is 2.68 bits per heavy atom. The minimum atomic E-state index is -0.763. The lowest BCUT2D eigenvalue weighted by molar-refractivity contribution is -0.140. The first kappa shape index (κ1) is 25.4. The predicted octanol–water partition coefficient (Wildman–Crippen LogP) is 1.47. The molecule has 1 aromatic carbocycles. The molecule has 0 spiro atoms. The molecule has 0 unspecified atom stereocenters. The third-order valence-electron chi connectivity index (χ3n) is 6.67. The zero-order valence-corrected chi connectivity index (χ0v) is 21.5. The minimum Gasteiger partial charge on any atom is -0.461 e. The number of carbonyl (C=O) groups is 3. The fourth-order valence-electron chi connectivity index (χ4n) is 4.77. The molecule has 2 aromatic heterocycles. The van der Waals surface area contributed by atoms with Crippen molar-refractivity contribution in [1.29, 1.82) is 0 Å². The molecule has 2 aliphatic heterocycles. The molecular weight excluding hydrogens is 490 g/mol. The Balaban J connectivity index is 1.39. The molecule has 2 N–H and O–H groups in total. The van der Waals surface area contributed by atoms with Crippen LogP contribution in [-0.4, -0.2) is 85.9 Å². The highest BCUT2D eigenvalue weighted by molar-refractivity contribution is 6.09. The Kier molecular flexibility index (Phi) is 7.33. The van der Waals surface area contributed by atoms with Crippen molar-refractivity contribution in [2.75, 3.05) is 31.5 Å². The number of furan rings is 1. The van der Waals surface area contributed by atoms with Crippen molar-refractivity contribution in [1.82, 2.24) is 35.3 Å². The van der Waals surface area contributed by atoms with Crippen LogP contribution in [0.2, 0.25) is 0 Å². The SMILES string of the molecule is Cc1cc2cc(NC(=N[C@H]3CCCCN(CC(=O)N4CCCC4)C3=O)NC(=O)c3nnn(C)n3)ccc2o1. The van der Waals surface area contributed by atoms with Crippen molar-refractivity contribution in [2.24, 2.45) is 12.0 Å². The monoisotopic (exact) mass is 521 g/mol. The van der Waals surface area contributed by atoms with Gasteiger partial charge in [-0.1, -0.05) is 0 Å². The van der Waals surface area contributed by atoms with Crippen LogP contribution in [0.4, 0.5) is 5.69 Å². The summed E-state index contributed by atoms with van der Waals surface area (Å²) in [6.07, 6.45) is 4.03. The molecule has 3 aromatic rings. The molecule has 4 heterocycles. The van der Waals surface area contributed by atoms with Crippen LogP contribution in [-0.2, 0) is 16.6 Å². The van der Waals surface area contributed by atoms with Gasteiger partial charge >= 0.3 is 0 Å². The molecule has 2 fully saturated rings. The van der Waals surface area contributed by atoms with Crippen LogP contribution < -0.4 is 10.6 Å². The molecule has 0 bridgehead atoms. The van der Waals surface area contributed by atoms with Gasteiger partial charge in [-0.15, -0.1) is 10.2 Å². The van der Waals surface area contributed by atoms with E-state index in [-0.39, 0.29) is 30.1 Å². The lowest BCUT2D eigenvalue weighted by atomic mass is 10.1. The average Bonchev–Trinajstić information content (AvgIpc) is 3.63. The fourth-order valence-corrected chi connectivity index (χ4v) is 4.77. The topological polar surface area (TPSA) is 151 Å². The summed E-state index contributed by atoms with van der Waals surface area (Å²) in [6.45, 7) is 3.88. The number of benzene rings is 1. The number of tetrazole rings is 1. The highest BCUT2D eigenvalue weighted by atomic mass is 16.3. The molecule has 13 heteroatoms. The normalized spacial score (nSPS) is 18.6. The minimum absolute atomic E-state index is 0.0374. The van der Waals surface area contributed by atoms with Crippen molar-refractivity contribution in [3.8, 4) is 0 Å². The molecule has 200 valence electrons. The summed E-state index contributed by atoms with van der Waals surface area (Å²) < 4.78 is 5.65. The van der Waals surface area contributed by atoms with Gasteiger partial charge in [0.25, 0.3) is 11.7 Å². The van der Waals surface area contributed by atoms with Gasteiger partial charge in [0.2, 0.25) is 17.8 Å². The molecular formula is C25H31N9O4. The van der Waals surface area contributed by atoms with E-state index in [0.717, 1.165) is 55.5 Å². The summed E-state index contributed by atoms with van der Waals surface area (Å²) in [7, 11) is 1.56. The first-order valence-electron chi connectivity index (χ1n) is 12.8. The number of aromatic nitrogens is 4. The molecule has 1 atom stereocenters. The number of hydrogen-bond donors (Lipinski definition) is 2. The zero-order valence-electron chi connectivity index (χ0n) is 21.5. The Labute approximate surface area is 219 Å². The van der Waals surface area contributed by atoms with Gasteiger partial charge < -0.3 is 19.5 Å². The molecule has 0 radical (unpaired) electrons. The van der Waals surface area contributed by atoms with Gasteiger partial charge in [0.05, 0.1) is 13.6 Å². The number of anilines is 1. The molecule has 38 heavy (non-hydrogen) atoms. The van der Waals surface area contributed by atoms with Crippen molar-refractivity contribution in [3.05, 3.63) is 35.9 Å². The number of nitrogens with one attached hydrogen (secondary N) is 2. The number of likely N-dealkylation sites (tertiary alicyclic amines) is 2. The Bertz CT molecular complexity index is 1370. The second-order valence-corrected chi connectivity index (χ2v) is 9.63. The van der Waals surface area contributed by atoms with Gasteiger partial charge in [0.15, 0.2) is 0 Å². The Morgan fingerprint density at radius 2 is 1.92 bits per heavy atom. The van der Waals surface area contributed by atoms with E-state index in [0.29, 0.717) is 18.7 Å². The number of rotatable bonds is 5. The largest absolute Gasteiger partial charge is 0.461 e. The Morgan fingerprint density at radius 1 is 1.13 bits per heavy atom. The van der Waals surface area contributed by atoms with Crippen LogP contribution in [0, 0.1) is 6.92 Å². The van der Waals surface area contributed by atoms with E-state index < -0.39 is 11.9 Å². The summed E-state index contributed by atoms with van der Waals surface area (Å²) in [5.41, 5.74) is 1.38. The first-order chi connectivity index (χ1) is 18.4. The summed E-state index contributed by atoms with van der Waals surface area (Å²) in [4.78, 5) is 48.3. The van der Waals surface area contributed by atoms with Gasteiger partial charge in [0, 0.05) is 30.7 Å². The summed E-state index contributed by atoms with van der Waals surface area (Å²) >= 11 is 0. The van der Waals surface area contributed by atoms with Crippen LogP contribution in [0.5, 0.6) is 0 Å². The number of aryl methyl sites for hydroxylation is 2. The Hall–Kier alpha value is -4.29. The third-order valence-corrected chi connectivity index (χ3v) is 6.67. The van der Waals surface area contributed by atoms with Crippen LogP contribution in [0.1, 0.15) is 48.5 Å². The van der Waals surface area contributed by atoms with Crippen LogP contribution in [0.15, 0.2) is 33.7 Å². The summed E-state index contributed by atoms with van der Waals surface area (Å²) in [5.74, 6) is -0.167. The van der Waals surface area contributed by atoms with Crippen molar-refractivity contribution in [3.63, 3.8) is 0 Å². The molecule has 2 aliphatic rings. The maximum atomic E-state index is 13.5. The summed E-state index contributed by atoms with van der Waals surface area (Å²) in [5, 5.41) is 18.1. The number of amides is 3. The maximum absolute atomic E-state index is 13.5. The number of guanidine groups is 1. The number of nitrogens with zero attached hydrogens (tertiary/aromatic N) is 7. The lowest BCUT2D eigenvalue weighted by Crippen LogP contribution is -2.45. The van der Waals surface area contributed by atoms with E-state index in [2.05, 4.69) is 31.0 Å². The zero-order chi connectivity index (χ0) is 26.6. The molecule has 13 nitrogen and oxygen atoms in total. The first-order valence-corrected chi connectivity index (χ1v) is 12.8. The highest BCUT2D eigenvalue weighted by Gasteiger charge is 2.30. The summed E-state index contributed by atoms with van der Waals surface area (Å²) in [6, 6.07) is 6.62. The average molecular weight is 522 g/mol. The molecule has 0 aliphatic carbocycles. The van der Waals surface area contributed by atoms with Gasteiger partial charge in [-0.05, 0) is 68.5 Å². The predicted molar refractivity (Wildman–Crippen MR) is 138 cm³/mol. The number of carbonyl (C=O) groups excluding carboxylic acids is 3. The molecule has 5 rings (SSSR count). The second-order valence-electron chi connectivity index (χ2n) is 9.63. The van der Waals surface area contributed by atoms with Crippen LogP contribution in [0.25, 0.3) is 11.0 Å². The van der Waals surface area contributed by atoms with Gasteiger partial charge in [-0.3, -0.25) is 19.7 Å². The van der Waals surface area contributed by atoms with Gasteiger partial charge in [-0.2, -0.15) is 4.80 Å². The quantitative estimate of drug-likeness (QED) is 0.378. The second kappa shape index (κ2) is 11.0. The fraction of sp³-hybridized carbons (Fsp3) is 0.480. The van der Waals surface area contributed by atoms with Crippen LogP contribution in [0.3, 0.4) is 0 Å². The lowest BCUT2D eigenvalue weighted by Gasteiger charge is -2.25. The van der Waals surface area contributed by atoms with Gasteiger partial charge in [0.1, 0.15) is 17.4 Å². The van der Waals surface area contributed by atoms with Crippen molar-refractivity contribution in [2.45, 2.75) is 45.1 Å². The van der Waals surface area contributed by atoms with E-state index >= 15 is 0 Å². The van der Waals surface area contributed by atoms with E-state index in [4.69, 9.17) is 4.42 Å². The molecule has 3 amide bonds. The van der Waals surface area contributed by atoms with Crippen molar-refractivity contribution < 1.29 is 18.8 Å². The van der Waals surface area contributed by atoms with E-state index in [1.54, 1.807) is 18.0 Å². The van der Waals surface area contributed by atoms with E-state index in [9.17, 15) is 14.4 Å². The van der Waals surface area contributed by atoms with Gasteiger partial charge in [-0.25, -0.2) is 4.99 Å². The van der Waals surface area contributed by atoms with Crippen molar-refractivity contribution >= 4 is 40.3 Å². The third kappa shape index (κ3) is 5.82. The van der Waals surface area contributed by atoms with Crippen LogP contribution >= 0.6 is 0 Å². The smallest absolute Gasteiger partial charge is 0.299 e. The van der Waals surface area contributed by atoms with E-state index in [1.165, 1.54) is 4.80 Å². The van der Waals surface area contributed by atoms with E-state index in [1.807, 2.05) is 30.0 Å². The number of fused-ring (bicyclic) bond motifs is 1. The standard InChI is InChI=1S/C25H31N9O4/c1-16-13-17-14-18(8-9-20(17)38-16)26-25(28-23(36)22-29-31-32(2)30-22)27-19-7-3-4-12-34(24(19)37)15-21(35)33-10-5-6-11-33/h8-9,13-14,19H,3-7,10-12,15H2,1-2H3,(H2,26,27,28,36)/t19-/m0/s1.